The van der Waals surface area contributed by atoms with Gasteiger partial charge in [0.2, 0.25) is 4.80 Å². The molecule has 0 N–H and O–H groups in total. The Balaban J connectivity index is 1.84. The molecule has 1 heterocycles. The smallest absolute Gasteiger partial charge is 0.228 e. The van der Waals surface area contributed by atoms with Gasteiger partial charge in [-0.2, -0.15) is 4.98 Å². The van der Waals surface area contributed by atoms with Gasteiger partial charge in [-0.1, -0.05) is 48.0 Å². The molecule has 0 bridgehead atoms. The minimum Gasteiger partial charge on any atom is -0.497 e. The van der Waals surface area contributed by atoms with Gasteiger partial charge >= 0.3 is 0 Å². The Kier molecular flexibility index (Phi) is 4.85. The molecule has 1 aromatic heterocycles. The van der Waals surface area contributed by atoms with Crippen LogP contribution in [-0.4, -0.2) is 16.1 Å². The number of hydrogen-bond acceptors (Lipinski definition) is 4. The topological polar surface area (TPSA) is 39.4 Å². The van der Waals surface area contributed by atoms with Crippen molar-refractivity contribution in [3.8, 4) is 22.8 Å². The summed E-state index contributed by atoms with van der Waals surface area (Å²) in [6, 6.07) is 26.3. The number of benzene rings is 3. The van der Waals surface area contributed by atoms with E-state index in [2.05, 4.69) is 47.3 Å². The summed E-state index contributed by atoms with van der Waals surface area (Å²) in [5.74, 6) is 1.70. The van der Waals surface area contributed by atoms with Crippen molar-refractivity contribution in [2.24, 2.45) is 4.99 Å². The van der Waals surface area contributed by atoms with E-state index in [4.69, 9.17) is 14.7 Å². The van der Waals surface area contributed by atoms with Crippen LogP contribution in [0.3, 0.4) is 0 Å². The van der Waals surface area contributed by atoms with Gasteiger partial charge in [0.15, 0.2) is 5.82 Å². The van der Waals surface area contributed by atoms with Gasteiger partial charge in [-0.3, -0.25) is 0 Å². The maximum atomic E-state index is 5.21. The highest BCUT2D eigenvalue weighted by atomic mass is 32.1. The molecule has 134 valence electrons. The average molecular weight is 373 g/mol. The normalized spacial score (nSPS) is 11.6. The fourth-order valence-corrected chi connectivity index (χ4v) is 3.61. The molecule has 0 spiro atoms. The zero-order valence-corrected chi connectivity index (χ0v) is 16.0. The summed E-state index contributed by atoms with van der Waals surface area (Å²) in [6.07, 6.45) is 0. The van der Waals surface area contributed by atoms with Crippen molar-refractivity contribution in [2.45, 2.75) is 6.92 Å². The molecule has 4 rings (SSSR count). The van der Waals surface area contributed by atoms with E-state index in [1.807, 2.05) is 42.5 Å². The molecule has 0 unspecified atom stereocenters. The second-order valence-electron chi connectivity index (χ2n) is 6.12. The molecular weight excluding hydrogens is 354 g/mol. The summed E-state index contributed by atoms with van der Waals surface area (Å²) in [7, 11) is 1.66. The van der Waals surface area contributed by atoms with Gasteiger partial charge in [-0.15, -0.1) is 0 Å². The summed E-state index contributed by atoms with van der Waals surface area (Å²) in [5, 5.41) is 0. The first-order valence-corrected chi connectivity index (χ1v) is 9.42. The lowest BCUT2D eigenvalue weighted by Crippen LogP contribution is -1.97. The van der Waals surface area contributed by atoms with Crippen LogP contribution >= 0.6 is 11.5 Å². The maximum Gasteiger partial charge on any atom is 0.228 e. The van der Waals surface area contributed by atoms with Crippen LogP contribution in [0.5, 0.6) is 5.75 Å². The third-order valence-electron chi connectivity index (χ3n) is 4.16. The Labute approximate surface area is 162 Å². The highest BCUT2D eigenvalue weighted by Gasteiger charge is 2.10. The van der Waals surface area contributed by atoms with E-state index in [1.165, 1.54) is 17.1 Å². The lowest BCUT2D eigenvalue weighted by atomic mass is 10.2. The number of nitrogens with zero attached hydrogens (tertiary/aromatic N) is 3. The van der Waals surface area contributed by atoms with Crippen LogP contribution in [0.15, 0.2) is 83.9 Å². The molecule has 0 saturated carbocycles. The van der Waals surface area contributed by atoms with Crippen molar-refractivity contribution in [2.75, 3.05) is 7.11 Å². The summed E-state index contributed by atoms with van der Waals surface area (Å²) in [6.45, 7) is 2.09. The van der Waals surface area contributed by atoms with Crippen LogP contribution in [0.4, 0.5) is 5.69 Å². The van der Waals surface area contributed by atoms with E-state index in [-0.39, 0.29) is 0 Å². The largest absolute Gasteiger partial charge is 0.497 e. The van der Waals surface area contributed by atoms with Crippen LogP contribution in [0.2, 0.25) is 0 Å². The first kappa shape index (κ1) is 17.2. The first-order valence-electron chi connectivity index (χ1n) is 8.64. The molecule has 0 radical (unpaired) electrons. The van der Waals surface area contributed by atoms with Gasteiger partial charge in [0.1, 0.15) is 5.75 Å². The molecule has 0 amide bonds. The van der Waals surface area contributed by atoms with Crippen molar-refractivity contribution in [3.63, 3.8) is 0 Å². The van der Waals surface area contributed by atoms with Crippen LogP contribution in [0, 0.1) is 6.92 Å². The van der Waals surface area contributed by atoms with Crippen LogP contribution in [0.25, 0.3) is 17.1 Å². The van der Waals surface area contributed by atoms with E-state index in [9.17, 15) is 0 Å². The number of rotatable bonds is 4. The maximum absolute atomic E-state index is 5.21. The minimum atomic E-state index is 0.708. The third-order valence-corrected chi connectivity index (χ3v) is 5.08. The van der Waals surface area contributed by atoms with Crippen molar-refractivity contribution in [1.29, 1.82) is 0 Å². The number of hydrogen-bond donors (Lipinski definition) is 0. The zero-order chi connectivity index (χ0) is 18.6. The minimum absolute atomic E-state index is 0.708. The fourth-order valence-electron chi connectivity index (χ4n) is 2.72. The number of aryl methyl sites for hydroxylation is 1. The quantitative estimate of drug-likeness (QED) is 0.496. The molecule has 3 aromatic carbocycles. The number of aromatic nitrogens is 2. The summed E-state index contributed by atoms with van der Waals surface area (Å²) in [4.78, 5) is 10.2. The highest BCUT2D eigenvalue weighted by molar-refractivity contribution is 7.04. The predicted octanol–water partition coefficient (Wildman–Crippen LogP) is 5.15. The van der Waals surface area contributed by atoms with Gasteiger partial charge in [0.05, 0.1) is 18.5 Å². The molecule has 0 aliphatic rings. The molecular formula is C22H19N3OS. The summed E-state index contributed by atoms with van der Waals surface area (Å²) in [5.41, 5.74) is 4.21. The summed E-state index contributed by atoms with van der Waals surface area (Å²) < 4.78 is 7.33. The summed E-state index contributed by atoms with van der Waals surface area (Å²) >= 11 is 1.53. The Morgan fingerprint density at radius 2 is 1.59 bits per heavy atom. The van der Waals surface area contributed by atoms with Crippen LogP contribution in [0.1, 0.15) is 5.56 Å². The lowest BCUT2D eigenvalue weighted by molar-refractivity contribution is 0.415. The fraction of sp³-hybridized carbons (Fsp3) is 0.0909. The second-order valence-corrected chi connectivity index (χ2v) is 7.03. The third kappa shape index (κ3) is 3.83. The standard InChI is InChI=1S/C22H19N3OS/c1-16-8-12-19(13-9-16)25-21(17-6-4-3-5-7-17)24-22(27-25)23-18-10-14-20(26-2)15-11-18/h3-15H,1-2H3/b23-22+. The molecule has 0 aliphatic carbocycles. The Bertz CT molecular complexity index is 1100. The van der Waals surface area contributed by atoms with Crippen LogP contribution in [-0.2, 0) is 0 Å². The second kappa shape index (κ2) is 7.60. The molecule has 4 aromatic rings. The molecule has 4 nitrogen and oxygen atoms in total. The van der Waals surface area contributed by atoms with Gasteiger partial charge in [-0.25, -0.2) is 8.95 Å². The molecule has 0 fully saturated rings. The van der Waals surface area contributed by atoms with Crippen molar-refractivity contribution < 1.29 is 4.74 Å². The SMILES string of the molecule is COc1ccc(/N=c2\nc(-c3ccccc3)n(-c3ccc(C)cc3)s2)cc1. The Hall–Kier alpha value is -3.18. The van der Waals surface area contributed by atoms with Gasteiger partial charge in [0.25, 0.3) is 0 Å². The molecule has 0 aliphatic heterocycles. The van der Waals surface area contributed by atoms with E-state index < -0.39 is 0 Å². The Morgan fingerprint density at radius 1 is 0.889 bits per heavy atom. The molecule has 0 saturated heterocycles. The van der Waals surface area contributed by atoms with Gasteiger partial charge in [-0.05, 0) is 54.9 Å². The highest BCUT2D eigenvalue weighted by Crippen LogP contribution is 2.23. The van der Waals surface area contributed by atoms with Gasteiger partial charge in [0, 0.05) is 5.56 Å². The van der Waals surface area contributed by atoms with Crippen molar-refractivity contribution >= 4 is 17.2 Å². The van der Waals surface area contributed by atoms with E-state index in [0.29, 0.717) is 4.80 Å². The van der Waals surface area contributed by atoms with E-state index >= 15 is 0 Å². The van der Waals surface area contributed by atoms with Crippen molar-refractivity contribution in [3.05, 3.63) is 89.2 Å². The number of methoxy groups -OCH3 is 1. The van der Waals surface area contributed by atoms with E-state index in [1.54, 1.807) is 7.11 Å². The van der Waals surface area contributed by atoms with Gasteiger partial charge < -0.3 is 4.74 Å². The average Bonchev–Trinajstić information content (AvgIpc) is 3.13. The zero-order valence-electron chi connectivity index (χ0n) is 15.2. The van der Waals surface area contributed by atoms with E-state index in [0.717, 1.165) is 28.5 Å². The van der Waals surface area contributed by atoms with Crippen molar-refractivity contribution in [1.82, 2.24) is 8.94 Å². The number of ether oxygens (including phenoxy) is 1. The van der Waals surface area contributed by atoms with Crippen LogP contribution < -0.4 is 9.54 Å². The molecule has 5 heteroatoms. The Morgan fingerprint density at radius 3 is 2.26 bits per heavy atom. The molecule has 0 atom stereocenters. The predicted molar refractivity (Wildman–Crippen MR) is 110 cm³/mol. The molecule has 27 heavy (non-hydrogen) atoms. The first-order chi connectivity index (χ1) is 13.2. The monoisotopic (exact) mass is 373 g/mol. The lowest BCUT2D eigenvalue weighted by Gasteiger charge is -2.06.